The van der Waals surface area contributed by atoms with Crippen molar-refractivity contribution in [2.75, 3.05) is 11.9 Å². The lowest BCUT2D eigenvalue weighted by molar-refractivity contribution is 0.698. The fourth-order valence-electron chi connectivity index (χ4n) is 3.79. The molecule has 0 spiro atoms. The van der Waals surface area contributed by atoms with Gasteiger partial charge in [-0.2, -0.15) is 5.10 Å². The van der Waals surface area contributed by atoms with E-state index in [1.807, 2.05) is 49.6 Å². The first-order valence-electron chi connectivity index (χ1n) is 10.8. The zero-order valence-electron chi connectivity index (χ0n) is 18.3. The highest BCUT2D eigenvalue weighted by atomic mass is 15.2. The Morgan fingerprint density at radius 3 is 2.55 bits per heavy atom. The van der Waals surface area contributed by atoms with Gasteiger partial charge in [0.25, 0.3) is 0 Å². The summed E-state index contributed by atoms with van der Waals surface area (Å²) in [5.74, 6) is 1.32. The average molecular weight is 437 g/mol. The fraction of sp³-hybridized carbons (Fsp3) is 0.160. The quantitative estimate of drug-likeness (QED) is 0.402. The third kappa shape index (κ3) is 4.56. The van der Waals surface area contributed by atoms with E-state index in [0.717, 1.165) is 40.0 Å². The average Bonchev–Trinajstić information content (AvgIpc) is 3.29. The summed E-state index contributed by atoms with van der Waals surface area (Å²) >= 11 is 0. The van der Waals surface area contributed by atoms with Crippen LogP contribution >= 0.6 is 0 Å². The highest BCUT2D eigenvalue weighted by molar-refractivity contribution is 5.98. The van der Waals surface area contributed by atoms with Gasteiger partial charge < -0.3 is 11.1 Å². The smallest absolute Gasteiger partial charge is 0.162 e. The van der Waals surface area contributed by atoms with E-state index in [0.29, 0.717) is 12.4 Å². The first-order valence-corrected chi connectivity index (χ1v) is 10.8. The highest BCUT2D eigenvalue weighted by Gasteiger charge is 2.16. The molecule has 0 saturated carbocycles. The number of nitrogens with zero attached hydrogens (tertiary/aromatic N) is 6. The first-order chi connectivity index (χ1) is 16.2. The van der Waals surface area contributed by atoms with E-state index in [9.17, 15) is 0 Å². The minimum Gasteiger partial charge on any atom is -0.368 e. The second kappa shape index (κ2) is 9.13. The molecular weight excluding hydrogens is 412 g/mol. The lowest BCUT2D eigenvalue weighted by Crippen LogP contribution is -2.31. The Kier molecular flexibility index (Phi) is 5.73. The maximum Gasteiger partial charge on any atom is 0.162 e. The van der Waals surface area contributed by atoms with Gasteiger partial charge in [0, 0.05) is 60.9 Å². The van der Waals surface area contributed by atoms with Crippen LogP contribution in [0.2, 0.25) is 0 Å². The van der Waals surface area contributed by atoms with Crippen LogP contribution < -0.4 is 11.1 Å². The number of nitrogens with two attached hydrogens (primary N) is 1. The summed E-state index contributed by atoms with van der Waals surface area (Å²) in [4.78, 5) is 18.4. The molecule has 1 aromatic carbocycles. The standard InChI is InChI=1S/C25H24N8/c1-33-16-19(14-30-33)22-23-21(9-12-28-22)25(32-24(31-23)18-7-10-27-11-8-18)29-15-20(26)13-17-5-3-2-4-6-17/h2-12,14,16,20H,13,15,26H2,1H3,(H,29,31,32)/t20-/m1/s1. The number of fused-ring (bicyclic) bond motifs is 1. The molecule has 4 heterocycles. The summed E-state index contributed by atoms with van der Waals surface area (Å²) in [7, 11) is 1.88. The van der Waals surface area contributed by atoms with Crippen molar-refractivity contribution in [2.45, 2.75) is 12.5 Å². The van der Waals surface area contributed by atoms with Gasteiger partial charge in [-0.15, -0.1) is 0 Å². The van der Waals surface area contributed by atoms with E-state index in [2.05, 4.69) is 32.5 Å². The second-order valence-corrected chi connectivity index (χ2v) is 7.92. The van der Waals surface area contributed by atoms with Crippen LogP contribution in [0.1, 0.15) is 5.56 Å². The number of nitrogens with one attached hydrogen (secondary N) is 1. The van der Waals surface area contributed by atoms with Crippen molar-refractivity contribution < 1.29 is 0 Å². The molecule has 5 aromatic rings. The van der Waals surface area contributed by atoms with Crippen LogP contribution in [0.15, 0.2) is 79.5 Å². The van der Waals surface area contributed by atoms with E-state index >= 15 is 0 Å². The van der Waals surface area contributed by atoms with E-state index in [-0.39, 0.29) is 6.04 Å². The second-order valence-electron chi connectivity index (χ2n) is 7.92. The van der Waals surface area contributed by atoms with Gasteiger partial charge in [0.1, 0.15) is 11.3 Å². The molecule has 0 fully saturated rings. The van der Waals surface area contributed by atoms with Gasteiger partial charge in [-0.1, -0.05) is 30.3 Å². The van der Waals surface area contributed by atoms with Gasteiger partial charge in [0.2, 0.25) is 0 Å². The zero-order chi connectivity index (χ0) is 22.6. The largest absolute Gasteiger partial charge is 0.368 e. The lowest BCUT2D eigenvalue weighted by Gasteiger charge is -2.16. The number of hydrogen-bond donors (Lipinski definition) is 2. The van der Waals surface area contributed by atoms with Crippen molar-refractivity contribution in [2.24, 2.45) is 12.8 Å². The van der Waals surface area contributed by atoms with Crippen LogP contribution in [0.25, 0.3) is 33.5 Å². The van der Waals surface area contributed by atoms with E-state index in [1.54, 1.807) is 29.5 Å². The summed E-state index contributed by atoms with van der Waals surface area (Å²) < 4.78 is 1.75. The van der Waals surface area contributed by atoms with Crippen LogP contribution in [0, 0.1) is 0 Å². The van der Waals surface area contributed by atoms with Gasteiger partial charge in [-0.25, -0.2) is 9.97 Å². The first kappa shape index (κ1) is 20.7. The molecule has 0 saturated heterocycles. The molecule has 0 unspecified atom stereocenters. The number of aryl methyl sites for hydroxylation is 1. The Morgan fingerprint density at radius 1 is 0.970 bits per heavy atom. The van der Waals surface area contributed by atoms with Crippen LogP contribution in [0.5, 0.6) is 0 Å². The van der Waals surface area contributed by atoms with Gasteiger partial charge >= 0.3 is 0 Å². The zero-order valence-corrected chi connectivity index (χ0v) is 18.3. The molecule has 0 bridgehead atoms. The normalized spacial score (nSPS) is 12.1. The fourth-order valence-corrected chi connectivity index (χ4v) is 3.79. The summed E-state index contributed by atoms with van der Waals surface area (Å²) in [5, 5.41) is 8.64. The summed E-state index contributed by atoms with van der Waals surface area (Å²) in [5.41, 5.74) is 10.9. The topological polar surface area (TPSA) is 107 Å². The van der Waals surface area contributed by atoms with Crippen LogP contribution in [0.4, 0.5) is 5.82 Å². The number of rotatable bonds is 7. The summed E-state index contributed by atoms with van der Waals surface area (Å²) in [6, 6.07) is 15.9. The van der Waals surface area contributed by atoms with Gasteiger partial charge in [-0.05, 0) is 30.2 Å². The summed E-state index contributed by atoms with van der Waals surface area (Å²) in [6.45, 7) is 0.571. The molecule has 0 amide bonds. The van der Waals surface area contributed by atoms with Crippen molar-refractivity contribution in [1.29, 1.82) is 0 Å². The molecule has 164 valence electrons. The number of anilines is 1. The van der Waals surface area contributed by atoms with Crippen molar-refractivity contribution in [3.05, 3.63) is 85.1 Å². The number of benzene rings is 1. The van der Waals surface area contributed by atoms with Gasteiger partial charge in [0.05, 0.1) is 11.9 Å². The van der Waals surface area contributed by atoms with Crippen molar-refractivity contribution >= 4 is 16.7 Å². The van der Waals surface area contributed by atoms with Crippen LogP contribution in [-0.4, -0.2) is 42.3 Å². The maximum absolute atomic E-state index is 6.43. The molecule has 1 atom stereocenters. The van der Waals surface area contributed by atoms with E-state index in [4.69, 9.17) is 15.7 Å². The molecule has 0 aliphatic rings. The molecule has 5 rings (SSSR count). The number of pyridine rings is 2. The van der Waals surface area contributed by atoms with Crippen molar-refractivity contribution in [3.8, 4) is 22.6 Å². The monoisotopic (exact) mass is 436 g/mol. The molecule has 8 heteroatoms. The predicted octanol–water partition coefficient (Wildman–Crippen LogP) is 3.47. The number of aromatic nitrogens is 6. The highest BCUT2D eigenvalue weighted by Crippen LogP contribution is 2.30. The third-order valence-electron chi connectivity index (χ3n) is 5.40. The van der Waals surface area contributed by atoms with E-state index in [1.165, 1.54) is 5.56 Å². The number of hydrogen-bond acceptors (Lipinski definition) is 7. The maximum atomic E-state index is 6.43. The Morgan fingerprint density at radius 2 is 1.79 bits per heavy atom. The Hall–Kier alpha value is -4.17. The molecular formula is C25H24N8. The third-order valence-corrected chi connectivity index (χ3v) is 5.40. The minimum absolute atomic E-state index is 0.0681. The molecule has 0 radical (unpaired) electrons. The van der Waals surface area contributed by atoms with Gasteiger partial charge in [0.15, 0.2) is 5.82 Å². The van der Waals surface area contributed by atoms with Crippen LogP contribution in [0.3, 0.4) is 0 Å². The van der Waals surface area contributed by atoms with E-state index < -0.39 is 0 Å². The lowest BCUT2D eigenvalue weighted by atomic mass is 10.1. The Balaban J connectivity index is 1.54. The van der Waals surface area contributed by atoms with Crippen molar-refractivity contribution in [1.82, 2.24) is 29.7 Å². The molecule has 4 aromatic heterocycles. The molecule has 33 heavy (non-hydrogen) atoms. The molecule has 0 aliphatic heterocycles. The predicted molar refractivity (Wildman–Crippen MR) is 129 cm³/mol. The summed E-state index contributed by atoms with van der Waals surface area (Å²) in [6.07, 6.45) is 9.73. The molecule has 8 nitrogen and oxygen atoms in total. The Labute approximate surface area is 191 Å². The van der Waals surface area contributed by atoms with Gasteiger partial charge in [-0.3, -0.25) is 14.6 Å². The molecule has 3 N–H and O–H groups in total. The minimum atomic E-state index is -0.0681. The SMILES string of the molecule is Cn1cc(-c2nccc3c(NC[C@H](N)Cc4ccccc4)nc(-c4ccncc4)nc23)cn1. The van der Waals surface area contributed by atoms with Crippen molar-refractivity contribution in [3.63, 3.8) is 0 Å². The van der Waals surface area contributed by atoms with Crippen LogP contribution in [-0.2, 0) is 13.5 Å². The molecule has 0 aliphatic carbocycles. The Bertz CT molecular complexity index is 1370.